The molecule has 0 bridgehead atoms. The molecule has 3 rings (SSSR count). The Kier molecular flexibility index (Phi) is 4.13. The quantitative estimate of drug-likeness (QED) is 0.839. The predicted molar refractivity (Wildman–Crippen MR) is 79.8 cm³/mol. The molecule has 0 spiro atoms. The third-order valence-electron chi connectivity index (χ3n) is 3.93. The van der Waals surface area contributed by atoms with Gasteiger partial charge in [0.05, 0.1) is 5.02 Å². The summed E-state index contributed by atoms with van der Waals surface area (Å²) in [4.78, 5) is 15.9. The molecule has 1 aliphatic carbocycles. The lowest BCUT2D eigenvalue weighted by atomic mass is 10.0. The number of nitrogens with zero attached hydrogens (tertiary/aromatic N) is 2. The number of aliphatic imine (C=N–C) groups is 1. The summed E-state index contributed by atoms with van der Waals surface area (Å²) in [5.41, 5.74) is -0.0488. The number of carbonyl (C=O) groups excluding carboxylic acids is 1. The van der Waals surface area contributed by atoms with Gasteiger partial charge >= 0.3 is 12.1 Å². The van der Waals surface area contributed by atoms with E-state index in [9.17, 15) is 22.4 Å². The fourth-order valence-electron chi connectivity index (χ4n) is 2.53. The molecule has 4 nitrogen and oxygen atoms in total. The molecular weight excluding hydrogens is 350 g/mol. The Morgan fingerprint density at radius 2 is 2.08 bits per heavy atom. The van der Waals surface area contributed by atoms with Gasteiger partial charge < -0.3 is 0 Å². The van der Waals surface area contributed by atoms with Crippen LogP contribution >= 0.6 is 11.6 Å². The van der Waals surface area contributed by atoms with Crippen LogP contribution in [0, 0.1) is 5.82 Å². The Labute approximate surface area is 139 Å². The minimum absolute atomic E-state index is 0.0733. The summed E-state index contributed by atoms with van der Waals surface area (Å²) in [7, 11) is 0. The topological polar surface area (TPSA) is 44.7 Å². The van der Waals surface area contributed by atoms with Gasteiger partial charge in [-0.15, -0.1) is 0 Å². The van der Waals surface area contributed by atoms with Crippen molar-refractivity contribution < 1.29 is 22.4 Å². The highest BCUT2D eigenvalue weighted by Gasteiger charge is 2.50. The second kappa shape index (κ2) is 5.86. The van der Waals surface area contributed by atoms with Gasteiger partial charge in [-0.1, -0.05) is 17.7 Å². The van der Waals surface area contributed by atoms with Crippen LogP contribution in [0.5, 0.6) is 0 Å². The Morgan fingerprint density at radius 1 is 1.38 bits per heavy atom. The van der Waals surface area contributed by atoms with Crippen LogP contribution < -0.4 is 5.32 Å². The standard InChI is InChI=1S/C15H12ClF4N3O/c16-10-8-9(2-3-11(10)17)14(4-5-14)22-13-21-6-1-7-23(13)12(24)15(18,19)20/h1-3,6-8,13,22H,4-5H2. The first-order chi connectivity index (χ1) is 11.2. The first kappa shape index (κ1) is 16.9. The zero-order valence-corrected chi connectivity index (χ0v) is 12.9. The zero-order valence-electron chi connectivity index (χ0n) is 12.1. The maximum Gasteiger partial charge on any atom is 0.471 e. The average molecular weight is 362 g/mol. The molecule has 2 aliphatic rings. The molecule has 1 N–H and O–H groups in total. The molecule has 1 fully saturated rings. The van der Waals surface area contributed by atoms with Gasteiger partial charge in [-0.3, -0.25) is 20.0 Å². The molecule has 24 heavy (non-hydrogen) atoms. The molecule has 1 aliphatic heterocycles. The summed E-state index contributed by atoms with van der Waals surface area (Å²) in [6.07, 6.45) is -1.41. The molecular formula is C15H12ClF4N3O. The average Bonchev–Trinajstić information content (AvgIpc) is 3.30. The number of halogens is 5. The van der Waals surface area contributed by atoms with Crippen molar-refractivity contribution in [3.63, 3.8) is 0 Å². The predicted octanol–water partition coefficient (Wildman–Crippen LogP) is 3.33. The Morgan fingerprint density at radius 3 is 2.67 bits per heavy atom. The van der Waals surface area contributed by atoms with Crippen LogP contribution in [0.15, 0.2) is 35.5 Å². The highest BCUT2D eigenvalue weighted by atomic mass is 35.5. The number of alkyl halides is 3. The minimum atomic E-state index is -5.01. The number of hydrogen-bond acceptors (Lipinski definition) is 3. The van der Waals surface area contributed by atoms with Gasteiger partial charge in [0.2, 0.25) is 0 Å². The largest absolute Gasteiger partial charge is 0.471 e. The molecule has 1 amide bonds. The maximum absolute atomic E-state index is 13.3. The second-order valence-corrected chi connectivity index (χ2v) is 5.99. The van der Waals surface area contributed by atoms with E-state index >= 15 is 0 Å². The molecule has 0 saturated heterocycles. The van der Waals surface area contributed by atoms with Crippen molar-refractivity contribution in [1.82, 2.24) is 10.2 Å². The Bertz CT molecular complexity index is 728. The van der Waals surface area contributed by atoms with Crippen LogP contribution in [-0.4, -0.2) is 29.5 Å². The van der Waals surface area contributed by atoms with E-state index in [4.69, 9.17) is 11.6 Å². The van der Waals surface area contributed by atoms with E-state index in [0.29, 0.717) is 23.3 Å². The summed E-state index contributed by atoms with van der Waals surface area (Å²) in [6.45, 7) is 0. The van der Waals surface area contributed by atoms with Crippen LogP contribution in [0.2, 0.25) is 5.02 Å². The van der Waals surface area contributed by atoms with Crippen molar-refractivity contribution in [3.05, 3.63) is 46.9 Å². The normalized spacial score (nSPS) is 21.9. The van der Waals surface area contributed by atoms with Crippen LogP contribution in [0.25, 0.3) is 0 Å². The van der Waals surface area contributed by atoms with Crippen LogP contribution in [0.1, 0.15) is 18.4 Å². The fourth-order valence-corrected chi connectivity index (χ4v) is 2.71. The highest BCUT2D eigenvalue weighted by molar-refractivity contribution is 6.30. The SMILES string of the molecule is O=C(N1C=CC=NC1NC1(c2ccc(F)c(Cl)c2)CC1)C(F)(F)F. The van der Waals surface area contributed by atoms with E-state index in [1.165, 1.54) is 30.5 Å². The minimum Gasteiger partial charge on any atom is -0.275 e. The lowest BCUT2D eigenvalue weighted by Gasteiger charge is -2.32. The molecule has 1 atom stereocenters. The molecule has 1 saturated carbocycles. The van der Waals surface area contributed by atoms with Gasteiger partial charge in [-0.2, -0.15) is 13.2 Å². The summed E-state index contributed by atoms with van der Waals surface area (Å²) in [5.74, 6) is -2.59. The maximum atomic E-state index is 13.3. The number of amides is 1. The molecule has 9 heteroatoms. The van der Waals surface area contributed by atoms with Crippen molar-refractivity contribution in [2.75, 3.05) is 0 Å². The van der Waals surface area contributed by atoms with Gasteiger partial charge in [-0.05, 0) is 36.6 Å². The van der Waals surface area contributed by atoms with Gasteiger partial charge in [0.25, 0.3) is 0 Å². The van der Waals surface area contributed by atoms with Gasteiger partial charge in [-0.25, -0.2) is 4.39 Å². The molecule has 1 aromatic rings. The van der Waals surface area contributed by atoms with Crippen LogP contribution in [0.4, 0.5) is 17.6 Å². The molecule has 1 heterocycles. The molecule has 0 aromatic heterocycles. The van der Waals surface area contributed by atoms with Crippen molar-refractivity contribution in [2.45, 2.75) is 30.8 Å². The lowest BCUT2D eigenvalue weighted by molar-refractivity contribution is -0.185. The lowest BCUT2D eigenvalue weighted by Crippen LogP contribution is -2.53. The number of carbonyl (C=O) groups is 1. The first-order valence-corrected chi connectivity index (χ1v) is 7.43. The Balaban J connectivity index is 1.83. The van der Waals surface area contributed by atoms with Gasteiger partial charge in [0.15, 0.2) is 6.29 Å². The van der Waals surface area contributed by atoms with E-state index in [1.54, 1.807) is 0 Å². The fraction of sp³-hybridized carbons (Fsp3) is 0.333. The molecule has 1 unspecified atom stereocenters. The molecule has 128 valence electrons. The first-order valence-electron chi connectivity index (χ1n) is 7.06. The van der Waals surface area contributed by atoms with Crippen molar-refractivity contribution in [3.8, 4) is 0 Å². The Hall–Kier alpha value is -1.93. The van der Waals surface area contributed by atoms with Crippen molar-refractivity contribution >= 4 is 23.7 Å². The summed E-state index contributed by atoms with van der Waals surface area (Å²) < 4.78 is 51.4. The van der Waals surface area contributed by atoms with E-state index < -0.39 is 29.7 Å². The van der Waals surface area contributed by atoms with E-state index in [2.05, 4.69) is 10.3 Å². The zero-order chi connectivity index (χ0) is 17.5. The van der Waals surface area contributed by atoms with E-state index in [0.717, 1.165) is 6.20 Å². The van der Waals surface area contributed by atoms with Crippen molar-refractivity contribution in [2.24, 2.45) is 4.99 Å². The number of nitrogens with one attached hydrogen (secondary N) is 1. The molecule has 1 aromatic carbocycles. The van der Waals surface area contributed by atoms with Crippen LogP contribution in [0.3, 0.4) is 0 Å². The third-order valence-corrected chi connectivity index (χ3v) is 4.22. The highest BCUT2D eigenvalue weighted by Crippen LogP contribution is 2.47. The second-order valence-electron chi connectivity index (χ2n) is 5.58. The van der Waals surface area contributed by atoms with Crippen molar-refractivity contribution in [1.29, 1.82) is 0 Å². The van der Waals surface area contributed by atoms with E-state index in [-0.39, 0.29) is 5.02 Å². The van der Waals surface area contributed by atoms with Crippen LogP contribution in [-0.2, 0) is 10.3 Å². The van der Waals surface area contributed by atoms with Gasteiger partial charge in [0.1, 0.15) is 5.82 Å². The van der Waals surface area contributed by atoms with E-state index in [1.807, 2.05) is 0 Å². The molecule has 0 radical (unpaired) electrons. The smallest absolute Gasteiger partial charge is 0.275 e. The summed E-state index contributed by atoms with van der Waals surface area (Å²) in [6, 6.07) is 4.14. The summed E-state index contributed by atoms with van der Waals surface area (Å²) >= 11 is 5.77. The third kappa shape index (κ3) is 3.16. The number of allylic oxidation sites excluding steroid dienone is 1. The number of rotatable bonds is 3. The summed E-state index contributed by atoms with van der Waals surface area (Å²) in [5, 5.41) is 2.87. The number of benzene rings is 1. The monoisotopic (exact) mass is 361 g/mol. The number of hydrogen-bond donors (Lipinski definition) is 1. The van der Waals surface area contributed by atoms with Gasteiger partial charge in [0, 0.05) is 18.0 Å².